The maximum absolute atomic E-state index is 13.7. The van der Waals surface area contributed by atoms with Gasteiger partial charge in [-0.05, 0) is 36.5 Å². The summed E-state index contributed by atoms with van der Waals surface area (Å²) in [5.74, 6) is -2.66. The lowest BCUT2D eigenvalue weighted by atomic mass is 9.73. The first-order valence-electron chi connectivity index (χ1n) is 7.00. The fourth-order valence-corrected chi connectivity index (χ4v) is 3.13. The molecule has 21 heavy (non-hydrogen) atoms. The average molecular weight is 305 g/mol. The highest BCUT2D eigenvalue weighted by Crippen LogP contribution is 2.46. The van der Waals surface area contributed by atoms with Crippen LogP contribution < -0.4 is 10.5 Å². The van der Waals surface area contributed by atoms with Gasteiger partial charge in [0, 0.05) is 6.04 Å². The number of benzene rings is 1. The van der Waals surface area contributed by atoms with Crippen LogP contribution in [-0.4, -0.2) is 13.3 Å². The molecule has 3 unspecified atom stereocenters. The van der Waals surface area contributed by atoms with Gasteiger partial charge in [-0.3, -0.25) is 0 Å². The van der Waals surface area contributed by atoms with Gasteiger partial charge in [0.25, 0.3) is 0 Å². The molecule has 0 aliphatic heterocycles. The molecule has 3 atom stereocenters. The van der Waals surface area contributed by atoms with Crippen LogP contribution in [0.1, 0.15) is 37.3 Å². The van der Waals surface area contributed by atoms with Gasteiger partial charge in [0.15, 0.2) is 11.6 Å². The van der Waals surface area contributed by atoms with Gasteiger partial charge in [0.2, 0.25) is 0 Å². The Bertz CT molecular complexity index is 489. The van der Waals surface area contributed by atoms with Gasteiger partial charge in [0.1, 0.15) is 0 Å². The zero-order valence-electron chi connectivity index (χ0n) is 11.8. The van der Waals surface area contributed by atoms with Crippen molar-refractivity contribution in [2.45, 2.75) is 37.9 Å². The first-order valence-corrected chi connectivity index (χ1v) is 7.00. The number of hydrogen-bond donors (Lipinski definition) is 1. The van der Waals surface area contributed by atoms with E-state index in [0.29, 0.717) is 18.4 Å². The number of methoxy groups -OCH3 is 1. The summed E-state index contributed by atoms with van der Waals surface area (Å²) in [7, 11) is 1.33. The third-order valence-electron chi connectivity index (χ3n) is 4.26. The first-order chi connectivity index (χ1) is 9.84. The molecular formula is C15H19F4NO. The standard InChI is InChI=1S/C15H19F4NO/c1-21-13-7-6-9(8-12(13)16)14(20)10-4-2-3-5-11(10)15(17,18)19/h6-8,10-11,14H,2-5,20H2,1H3. The van der Waals surface area contributed by atoms with Gasteiger partial charge < -0.3 is 10.5 Å². The molecule has 6 heteroatoms. The largest absolute Gasteiger partial charge is 0.494 e. The van der Waals surface area contributed by atoms with Crippen LogP contribution in [0.5, 0.6) is 5.75 Å². The molecule has 1 aromatic carbocycles. The van der Waals surface area contributed by atoms with Crippen molar-refractivity contribution in [2.75, 3.05) is 7.11 Å². The summed E-state index contributed by atoms with van der Waals surface area (Å²) in [5, 5.41) is 0. The molecule has 0 heterocycles. The maximum Gasteiger partial charge on any atom is 0.392 e. The second-order valence-electron chi connectivity index (χ2n) is 5.52. The quantitative estimate of drug-likeness (QED) is 0.849. The minimum Gasteiger partial charge on any atom is -0.494 e. The van der Waals surface area contributed by atoms with Gasteiger partial charge in [-0.2, -0.15) is 13.2 Å². The van der Waals surface area contributed by atoms with Crippen LogP contribution in [0.3, 0.4) is 0 Å². The highest BCUT2D eigenvalue weighted by Gasteiger charge is 2.47. The van der Waals surface area contributed by atoms with E-state index < -0.39 is 29.9 Å². The molecule has 1 aliphatic rings. The summed E-state index contributed by atoms with van der Waals surface area (Å²) in [6, 6.07) is 3.29. The Kier molecular flexibility index (Phi) is 4.76. The normalized spacial score (nSPS) is 24.7. The molecule has 0 amide bonds. The lowest BCUT2D eigenvalue weighted by Crippen LogP contribution is -2.38. The van der Waals surface area contributed by atoms with E-state index in [1.54, 1.807) is 0 Å². The van der Waals surface area contributed by atoms with Crippen molar-refractivity contribution in [3.05, 3.63) is 29.6 Å². The number of nitrogens with two attached hydrogens (primary N) is 1. The lowest BCUT2D eigenvalue weighted by molar-refractivity contribution is -0.198. The Balaban J connectivity index is 2.24. The Morgan fingerprint density at radius 2 is 1.90 bits per heavy atom. The number of hydrogen-bond acceptors (Lipinski definition) is 2. The van der Waals surface area contributed by atoms with Gasteiger partial charge >= 0.3 is 6.18 Å². The number of halogens is 4. The molecule has 118 valence electrons. The van der Waals surface area contributed by atoms with Crippen molar-refractivity contribution in [1.82, 2.24) is 0 Å². The molecule has 1 aromatic rings. The minimum atomic E-state index is -4.26. The average Bonchev–Trinajstić information content (AvgIpc) is 2.45. The van der Waals surface area contributed by atoms with Crippen molar-refractivity contribution < 1.29 is 22.3 Å². The second kappa shape index (κ2) is 6.22. The predicted octanol–water partition coefficient (Wildman–Crippen LogP) is 4.20. The number of rotatable bonds is 3. The maximum atomic E-state index is 13.7. The minimum absolute atomic E-state index is 0.0574. The predicted molar refractivity (Wildman–Crippen MR) is 71.4 cm³/mol. The summed E-state index contributed by atoms with van der Waals surface area (Å²) >= 11 is 0. The van der Waals surface area contributed by atoms with Crippen LogP contribution in [0, 0.1) is 17.7 Å². The monoisotopic (exact) mass is 305 g/mol. The highest BCUT2D eigenvalue weighted by atomic mass is 19.4. The van der Waals surface area contributed by atoms with Gasteiger partial charge in [-0.15, -0.1) is 0 Å². The van der Waals surface area contributed by atoms with Crippen molar-refractivity contribution in [3.8, 4) is 5.75 Å². The highest BCUT2D eigenvalue weighted by molar-refractivity contribution is 5.31. The molecule has 1 aliphatic carbocycles. The van der Waals surface area contributed by atoms with E-state index in [0.717, 1.165) is 6.42 Å². The summed E-state index contributed by atoms with van der Waals surface area (Å²) < 4.78 is 57.9. The molecule has 2 nitrogen and oxygen atoms in total. The molecular weight excluding hydrogens is 286 g/mol. The Hall–Kier alpha value is -1.30. The molecule has 1 saturated carbocycles. The van der Waals surface area contributed by atoms with Gasteiger partial charge in [-0.25, -0.2) is 4.39 Å². The van der Waals surface area contributed by atoms with Crippen LogP contribution in [0.4, 0.5) is 17.6 Å². The molecule has 0 radical (unpaired) electrons. The summed E-state index contributed by atoms with van der Waals surface area (Å²) in [5.41, 5.74) is 6.39. The first kappa shape index (κ1) is 16.1. The topological polar surface area (TPSA) is 35.2 Å². The Labute approximate surface area is 121 Å². The van der Waals surface area contributed by atoms with E-state index in [4.69, 9.17) is 10.5 Å². The van der Waals surface area contributed by atoms with E-state index >= 15 is 0 Å². The Morgan fingerprint density at radius 3 is 2.48 bits per heavy atom. The molecule has 1 fully saturated rings. The summed E-state index contributed by atoms with van der Waals surface area (Å²) in [6.07, 6.45) is -2.46. The van der Waals surface area contributed by atoms with Crippen molar-refractivity contribution in [1.29, 1.82) is 0 Å². The van der Waals surface area contributed by atoms with Crippen LogP contribution in [-0.2, 0) is 0 Å². The van der Waals surface area contributed by atoms with Gasteiger partial charge in [0.05, 0.1) is 13.0 Å². The van der Waals surface area contributed by atoms with Crippen LogP contribution in [0.2, 0.25) is 0 Å². The van der Waals surface area contributed by atoms with Crippen molar-refractivity contribution in [2.24, 2.45) is 17.6 Å². The fourth-order valence-electron chi connectivity index (χ4n) is 3.13. The Morgan fingerprint density at radius 1 is 1.24 bits per heavy atom. The second-order valence-corrected chi connectivity index (χ2v) is 5.52. The molecule has 0 bridgehead atoms. The van der Waals surface area contributed by atoms with E-state index in [9.17, 15) is 17.6 Å². The van der Waals surface area contributed by atoms with Gasteiger partial charge in [-0.1, -0.05) is 18.9 Å². The SMILES string of the molecule is COc1ccc(C(N)C2CCCCC2C(F)(F)F)cc1F. The van der Waals surface area contributed by atoms with Crippen LogP contribution in [0.25, 0.3) is 0 Å². The molecule has 2 N–H and O–H groups in total. The fraction of sp³-hybridized carbons (Fsp3) is 0.600. The lowest BCUT2D eigenvalue weighted by Gasteiger charge is -2.36. The van der Waals surface area contributed by atoms with Crippen LogP contribution in [0.15, 0.2) is 18.2 Å². The number of ether oxygens (including phenoxy) is 1. The molecule has 2 rings (SSSR count). The van der Waals surface area contributed by atoms with E-state index in [2.05, 4.69) is 0 Å². The number of alkyl halides is 3. The summed E-state index contributed by atoms with van der Waals surface area (Å²) in [6.45, 7) is 0. The third kappa shape index (κ3) is 3.48. The molecule has 0 aromatic heterocycles. The van der Waals surface area contributed by atoms with E-state index in [1.807, 2.05) is 0 Å². The van der Waals surface area contributed by atoms with Crippen molar-refractivity contribution >= 4 is 0 Å². The van der Waals surface area contributed by atoms with Crippen LogP contribution >= 0.6 is 0 Å². The molecule has 0 saturated heterocycles. The summed E-state index contributed by atoms with van der Waals surface area (Å²) in [4.78, 5) is 0. The molecule has 0 spiro atoms. The van der Waals surface area contributed by atoms with E-state index in [-0.39, 0.29) is 12.2 Å². The zero-order valence-corrected chi connectivity index (χ0v) is 11.8. The zero-order chi connectivity index (χ0) is 15.6. The van der Waals surface area contributed by atoms with Crippen molar-refractivity contribution in [3.63, 3.8) is 0 Å². The van der Waals surface area contributed by atoms with E-state index in [1.165, 1.54) is 25.3 Å². The third-order valence-corrected chi connectivity index (χ3v) is 4.26. The smallest absolute Gasteiger partial charge is 0.392 e.